The van der Waals surface area contributed by atoms with Gasteiger partial charge in [-0.1, -0.05) is 65.3 Å². The molecule has 8 rings (SSSR count). The molecule has 3 heterocycles. The average Bonchev–Trinajstić information content (AvgIpc) is 3.09. The minimum atomic E-state index is -2.09. The van der Waals surface area contributed by atoms with Crippen molar-refractivity contribution in [3.8, 4) is 0 Å². The normalized spacial score (nSPS) is 50.4. The highest BCUT2D eigenvalue weighted by atomic mass is 16.8. The highest BCUT2D eigenvalue weighted by molar-refractivity contribution is 5.89. The number of carbonyl (C=O) groups excluding carboxylic acids is 2. The summed E-state index contributed by atoms with van der Waals surface area (Å²) < 4.78 is 47.6. The van der Waals surface area contributed by atoms with Gasteiger partial charge in [0.1, 0.15) is 61.0 Å². The molecule has 3 saturated heterocycles. The van der Waals surface area contributed by atoms with Crippen LogP contribution in [0.15, 0.2) is 34.9 Å². The molecule has 12 N–H and O–H groups in total. The molecule has 7 fully saturated rings. The van der Waals surface area contributed by atoms with Crippen LogP contribution in [0.1, 0.15) is 115 Å². The third-order valence-electron chi connectivity index (χ3n) is 21.4. The largest absolute Gasteiger partial charge is 0.479 e. The van der Waals surface area contributed by atoms with Gasteiger partial charge in [-0.05, 0) is 102 Å². The van der Waals surface area contributed by atoms with E-state index in [0.717, 1.165) is 5.57 Å². The van der Waals surface area contributed by atoms with Crippen molar-refractivity contribution >= 4 is 17.9 Å². The van der Waals surface area contributed by atoms with Gasteiger partial charge in [-0.15, -0.1) is 0 Å². The molecule has 0 amide bonds. The molecule has 0 aromatic rings. The molecule has 0 unspecified atom stereocenters. The molecule has 23 nitrogen and oxygen atoms in total. The number of aliphatic carboxylic acids is 1. The maximum Gasteiger partial charge on any atom is 0.335 e. The molecule has 0 aromatic heterocycles. The van der Waals surface area contributed by atoms with Crippen LogP contribution in [0.4, 0.5) is 0 Å². The molecular weight excluding hydrogens is 1050 g/mol. The smallest absolute Gasteiger partial charge is 0.335 e. The third-order valence-corrected chi connectivity index (χ3v) is 21.4. The summed E-state index contributed by atoms with van der Waals surface area (Å²) in [5, 5.41) is 136. The van der Waals surface area contributed by atoms with Crippen LogP contribution in [-0.4, -0.2) is 216 Å². The first kappa shape index (κ1) is 63.0. The van der Waals surface area contributed by atoms with E-state index in [2.05, 4.69) is 19.9 Å². The van der Waals surface area contributed by atoms with Gasteiger partial charge in [-0.2, -0.15) is 0 Å². The van der Waals surface area contributed by atoms with Gasteiger partial charge in [0.05, 0.1) is 49.7 Å². The van der Waals surface area contributed by atoms with Gasteiger partial charge in [0.2, 0.25) is 0 Å². The number of hydrogen-bond donors (Lipinski definition) is 12. The second kappa shape index (κ2) is 22.7. The van der Waals surface area contributed by atoms with Gasteiger partial charge in [0.25, 0.3) is 0 Å². The minimum absolute atomic E-state index is 0.208. The Bertz CT molecular complexity index is 2400. The van der Waals surface area contributed by atoms with Gasteiger partial charge in [-0.25, -0.2) is 14.4 Å². The van der Waals surface area contributed by atoms with E-state index in [0.29, 0.717) is 31.3 Å². The quantitative estimate of drug-likeness (QED) is 0.0509. The molecule has 27 atom stereocenters. The Labute approximate surface area is 466 Å². The molecule has 5 aliphatic carbocycles. The fourth-order valence-electron chi connectivity index (χ4n) is 16.1. The maximum absolute atomic E-state index is 13.8. The van der Waals surface area contributed by atoms with Crippen molar-refractivity contribution in [2.75, 3.05) is 19.8 Å². The maximum atomic E-state index is 13.8. The summed E-state index contributed by atoms with van der Waals surface area (Å²) in [5.41, 5.74) is -4.89. The van der Waals surface area contributed by atoms with E-state index >= 15 is 0 Å². The standard InChI is InChI=1S/C57H88O23/c1-12-24(3)47(71)79-44-45(80-48(72)25(4)13-2)57(23-59)28(20-52(44,6)7)27-14-15-31-53(8)18-17-32(54(9,22-58)30(53)16-19-55(31,10)56(27,11)42(67)43(57)68)75-51-38(66)40(36(64)41(78-51)46(69)70)77-49-37(65)39(29(60)21-73-49)76-50-35(63)34(62)33(61)26(5)74-50/h12-14,26,28-45,49-51,58-68H,15-23H2,1-11H3,(H,69,70)/b24-12-,25-13+/t26-,28-,29-,30+,31+,32-,33-,34+,35+,36-,37+,38+,39-,40-,41-,42-,43+,44-,45-,49-,50-,51+,53-,54-,55+,56-,57-/m0/s1. The van der Waals surface area contributed by atoms with E-state index in [-0.39, 0.29) is 30.3 Å². The first-order valence-corrected chi connectivity index (χ1v) is 28.2. The lowest BCUT2D eigenvalue weighted by atomic mass is 9.32. The number of carboxylic acid groups (broad SMARTS) is 1. The number of allylic oxidation sites excluding steroid dienone is 3. The summed E-state index contributed by atoms with van der Waals surface area (Å²) in [4.78, 5) is 40.1. The van der Waals surface area contributed by atoms with Crippen LogP contribution in [0, 0.1) is 50.2 Å². The summed E-state index contributed by atoms with van der Waals surface area (Å²) in [7, 11) is 0. The molecule has 0 aromatic carbocycles. The monoisotopic (exact) mass is 1140 g/mol. The number of aliphatic hydroxyl groups excluding tert-OH is 11. The molecule has 8 aliphatic rings. The lowest BCUT2D eigenvalue weighted by Gasteiger charge is -2.73. The predicted molar refractivity (Wildman–Crippen MR) is 277 cm³/mol. The SMILES string of the molecule is C/C=C(/C)C(=O)O[C@H]1[C@H](OC(=O)/C(C)=C/C)[C@]2(CO)[C@H](O)[C@H](O)[C@]3(C)C(=CC[C@@H]4[C@@]5(C)CC[C@H](O[C@@H]6O[C@H](C(=O)O)[C@@H](O)[C@H](O[C@@H]7OC[C@H](O)[C@H](O[C@@H]8O[C@@H](C)[C@H](O)[C@@H](O)[C@H]8O)[C@H]7O)[C@H]6O)[C@@](C)(CO)[C@@H]5CC[C@]43C)[C@@H]2CC1(C)C. The van der Waals surface area contributed by atoms with Crippen molar-refractivity contribution < 1.29 is 114 Å². The van der Waals surface area contributed by atoms with E-state index in [1.165, 1.54) is 6.92 Å². The molecule has 3 aliphatic heterocycles. The topological polar surface area (TPSA) is 368 Å². The summed E-state index contributed by atoms with van der Waals surface area (Å²) in [5.74, 6) is -4.24. The van der Waals surface area contributed by atoms with E-state index in [4.69, 9.17) is 37.9 Å². The predicted octanol–water partition coefficient (Wildman–Crippen LogP) is 0.263. The summed E-state index contributed by atoms with van der Waals surface area (Å²) in [6.07, 6.45) is -23.5. The Hall–Kier alpha value is -3.05. The number of ether oxygens (including phenoxy) is 8. The summed E-state index contributed by atoms with van der Waals surface area (Å²) >= 11 is 0. The van der Waals surface area contributed by atoms with Crippen molar-refractivity contribution in [3.63, 3.8) is 0 Å². The zero-order valence-corrected chi connectivity index (χ0v) is 47.7. The first-order chi connectivity index (χ1) is 37.3. The van der Waals surface area contributed by atoms with Gasteiger partial charge in [0.15, 0.2) is 31.1 Å². The Balaban J connectivity index is 1.07. The van der Waals surface area contributed by atoms with E-state index in [1.807, 2.05) is 27.7 Å². The lowest BCUT2D eigenvalue weighted by molar-refractivity contribution is -0.372. The van der Waals surface area contributed by atoms with Gasteiger partial charge < -0.3 is 99.2 Å². The van der Waals surface area contributed by atoms with Gasteiger partial charge in [0, 0.05) is 27.4 Å². The molecule has 4 saturated carbocycles. The lowest BCUT2D eigenvalue weighted by Crippen LogP contribution is -2.76. The number of carbonyl (C=O) groups is 3. The molecule has 454 valence electrons. The van der Waals surface area contributed by atoms with Crippen LogP contribution >= 0.6 is 0 Å². The van der Waals surface area contributed by atoms with Crippen LogP contribution in [0.2, 0.25) is 0 Å². The number of esters is 2. The first-order valence-electron chi connectivity index (χ1n) is 28.2. The van der Waals surface area contributed by atoms with Crippen LogP contribution in [0.3, 0.4) is 0 Å². The van der Waals surface area contributed by atoms with E-state index < -0.39 is 193 Å². The highest BCUT2D eigenvalue weighted by Crippen LogP contribution is 2.76. The van der Waals surface area contributed by atoms with Crippen LogP contribution in [0.5, 0.6) is 0 Å². The van der Waals surface area contributed by atoms with Crippen LogP contribution in [0.25, 0.3) is 0 Å². The Kier molecular flexibility index (Phi) is 17.9. The molecule has 0 bridgehead atoms. The number of fused-ring (bicyclic) bond motifs is 7. The number of carboxylic acids is 1. The fraction of sp³-hybridized carbons (Fsp3) is 0.842. The van der Waals surface area contributed by atoms with Gasteiger partial charge in [-0.3, -0.25) is 0 Å². The number of aliphatic hydroxyl groups is 11. The summed E-state index contributed by atoms with van der Waals surface area (Å²) in [6.45, 7) is 18.1. The third kappa shape index (κ3) is 9.76. The molecule has 0 radical (unpaired) electrons. The average molecular weight is 1140 g/mol. The van der Waals surface area contributed by atoms with Crippen molar-refractivity contribution in [1.29, 1.82) is 0 Å². The number of hydrogen-bond acceptors (Lipinski definition) is 22. The molecule has 80 heavy (non-hydrogen) atoms. The highest BCUT2D eigenvalue weighted by Gasteiger charge is 2.76. The van der Waals surface area contributed by atoms with Crippen molar-refractivity contribution in [2.45, 2.75) is 231 Å². The molecule has 23 heteroatoms. The zero-order chi connectivity index (χ0) is 59.3. The fourth-order valence-corrected chi connectivity index (χ4v) is 16.1. The van der Waals surface area contributed by atoms with E-state index in [9.17, 15) is 75.7 Å². The Morgan fingerprint density at radius 3 is 1.85 bits per heavy atom. The van der Waals surface area contributed by atoms with E-state index in [1.54, 1.807) is 39.8 Å². The van der Waals surface area contributed by atoms with Gasteiger partial charge >= 0.3 is 17.9 Å². The van der Waals surface area contributed by atoms with Crippen molar-refractivity contribution in [2.24, 2.45) is 50.2 Å². The van der Waals surface area contributed by atoms with Crippen molar-refractivity contribution in [1.82, 2.24) is 0 Å². The zero-order valence-electron chi connectivity index (χ0n) is 47.7. The second-order valence-electron chi connectivity index (χ2n) is 25.9. The minimum Gasteiger partial charge on any atom is -0.479 e. The molecule has 0 spiro atoms. The summed E-state index contributed by atoms with van der Waals surface area (Å²) in [6, 6.07) is 0. The van der Waals surface area contributed by atoms with Crippen LogP contribution < -0.4 is 0 Å². The second-order valence-corrected chi connectivity index (χ2v) is 25.9. The number of rotatable bonds is 13. The Morgan fingerprint density at radius 2 is 1.26 bits per heavy atom. The molecular formula is C57H88O23. The Morgan fingerprint density at radius 1 is 0.675 bits per heavy atom. The van der Waals surface area contributed by atoms with Crippen molar-refractivity contribution in [3.05, 3.63) is 34.9 Å². The van der Waals surface area contributed by atoms with Crippen LogP contribution in [-0.2, 0) is 52.3 Å².